The van der Waals surface area contributed by atoms with Gasteiger partial charge in [-0.2, -0.15) is 5.10 Å². The lowest BCUT2D eigenvalue weighted by molar-refractivity contribution is 0.0720. The Bertz CT molecular complexity index is 1210. The molecule has 1 amide bonds. The van der Waals surface area contributed by atoms with Gasteiger partial charge in [0.2, 0.25) is 0 Å². The second-order valence-corrected chi connectivity index (χ2v) is 9.92. The van der Waals surface area contributed by atoms with Crippen LogP contribution in [0.5, 0.6) is 5.75 Å². The molecule has 3 aromatic rings. The minimum atomic E-state index is -0.829. The van der Waals surface area contributed by atoms with Crippen molar-refractivity contribution < 1.29 is 13.9 Å². The van der Waals surface area contributed by atoms with Gasteiger partial charge in [0.15, 0.2) is 5.69 Å². The van der Waals surface area contributed by atoms with Crippen molar-refractivity contribution in [3.05, 3.63) is 63.1 Å². The fourth-order valence-electron chi connectivity index (χ4n) is 4.50. The Balaban J connectivity index is 0.00000259. The smallest absolute Gasteiger partial charge is 0.286 e. The highest BCUT2D eigenvalue weighted by atomic mass is 127. The van der Waals surface area contributed by atoms with Gasteiger partial charge in [0.1, 0.15) is 22.9 Å². The third-order valence-corrected chi connectivity index (χ3v) is 6.63. The number of fused-ring (bicyclic) bond motifs is 3. The van der Waals surface area contributed by atoms with Gasteiger partial charge in [-0.05, 0) is 79.6 Å². The summed E-state index contributed by atoms with van der Waals surface area (Å²) in [6, 6.07) is 12.3. The molecule has 0 spiro atoms. The molecular weight excluding hydrogens is 558 g/mol. The second-order valence-electron chi connectivity index (χ2n) is 8.68. The van der Waals surface area contributed by atoms with Gasteiger partial charge in [0, 0.05) is 22.2 Å². The van der Waals surface area contributed by atoms with Crippen LogP contribution in [0.15, 0.2) is 42.5 Å². The van der Waals surface area contributed by atoms with Crippen LogP contribution < -0.4 is 10.2 Å². The lowest BCUT2D eigenvalue weighted by atomic mass is 9.89. The first-order valence-electron chi connectivity index (χ1n) is 10.8. The normalized spacial score (nSPS) is 16.7. The Hall–Kier alpha value is -2.17. The van der Waals surface area contributed by atoms with Crippen molar-refractivity contribution in [1.82, 2.24) is 20.2 Å². The summed E-state index contributed by atoms with van der Waals surface area (Å²) in [6.07, 6.45) is 3.26. The number of hydrogen-bond acceptors (Lipinski definition) is 4. The molecule has 2 aliphatic heterocycles. The maximum Gasteiger partial charge on any atom is 0.286 e. The summed E-state index contributed by atoms with van der Waals surface area (Å²) < 4.78 is 23.8. The third kappa shape index (κ3) is 4.36. The third-order valence-electron chi connectivity index (χ3n) is 5.96. The molecule has 1 N–H and O–H groups in total. The van der Waals surface area contributed by atoms with Gasteiger partial charge in [-0.25, -0.2) is 14.1 Å². The summed E-state index contributed by atoms with van der Waals surface area (Å²) >= 11 is 2.24. The van der Waals surface area contributed by atoms with E-state index >= 15 is 0 Å². The maximum absolute atomic E-state index is 14.9. The van der Waals surface area contributed by atoms with E-state index in [1.807, 2.05) is 37.1 Å². The summed E-state index contributed by atoms with van der Waals surface area (Å²) in [5.41, 5.74) is 4.85. The van der Waals surface area contributed by atoms with Crippen molar-refractivity contribution in [2.45, 2.75) is 38.7 Å². The fourth-order valence-corrected chi connectivity index (χ4v) is 4.96. The fraction of sp³-hybridized carbons (Fsp3) is 0.333. The van der Waals surface area contributed by atoms with Gasteiger partial charge in [-0.3, -0.25) is 10.2 Å². The van der Waals surface area contributed by atoms with E-state index < -0.39 is 11.4 Å². The number of aromatic nitrogens is 2. The van der Waals surface area contributed by atoms with Crippen LogP contribution in [0.25, 0.3) is 16.9 Å². The molecule has 174 valence electrons. The zero-order valence-corrected chi connectivity index (χ0v) is 21.4. The number of ether oxygens (including phenoxy) is 1. The Kier molecular flexibility index (Phi) is 6.70. The van der Waals surface area contributed by atoms with E-state index in [0.29, 0.717) is 22.7 Å². The number of carbonyl (C=O) groups is 1. The average Bonchev–Trinajstić information content (AvgIpc) is 3.16. The zero-order valence-electron chi connectivity index (χ0n) is 18.4. The largest absolute Gasteiger partial charge is 0.482 e. The topological polar surface area (TPSA) is 59.4 Å². The number of benzene rings is 2. The molecule has 33 heavy (non-hydrogen) atoms. The second kappa shape index (κ2) is 9.23. The lowest BCUT2D eigenvalue weighted by Gasteiger charge is -2.34. The van der Waals surface area contributed by atoms with Crippen molar-refractivity contribution >= 4 is 40.9 Å². The molecule has 1 aromatic heterocycles. The van der Waals surface area contributed by atoms with Gasteiger partial charge in [-0.15, -0.1) is 12.4 Å². The highest BCUT2D eigenvalue weighted by molar-refractivity contribution is 14.1. The Labute approximate surface area is 212 Å². The number of rotatable bonds is 3. The molecule has 0 saturated carbocycles. The van der Waals surface area contributed by atoms with Crippen molar-refractivity contribution in [1.29, 1.82) is 0 Å². The van der Waals surface area contributed by atoms with Crippen LogP contribution in [-0.4, -0.2) is 33.8 Å². The van der Waals surface area contributed by atoms with Crippen molar-refractivity contribution in [3.8, 4) is 22.7 Å². The number of nitrogens with one attached hydrogen (secondary N) is 1. The number of amides is 1. The summed E-state index contributed by atoms with van der Waals surface area (Å²) in [4.78, 5) is 13.4. The number of hydrogen-bond donors (Lipinski definition) is 1. The van der Waals surface area contributed by atoms with Crippen molar-refractivity contribution in [2.24, 2.45) is 0 Å². The predicted octanol–water partition coefficient (Wildman–Crippen LogP) is 5.46. The molecule has 0 unspecified atom stereocenters. The predicted molar refractivity (Wildman–Crippen MR) is 135 cm³/mol. The Morgan fingerprint density at radius 2 is 1.88 bits per heavy atom. The van der Waals surface area contributed by atoms with Crippen LogP contribution in [0, 0.1) is 9.39 Å². The first-order valence-corrected chi connectivity index (χ1v) is 11.9. The molecule has 0 radical (unpaired) electrons. The van der Waals surface area contributed by atoms with Crippen LogP contribution in [0.2, 0.25) is 0 Å². The summed E-state index contributed by atoms with van der Waals surface area (Å²) in [6.45, 7) is 5.45. The Morgan fingerprint density at radius 3 is 2.61 bits per heavy atom. The molecule has 2 aromatic carbocycles. The SMILES string of the molecule is CC1(C)Oc2cc(I)ccc2-c2c1c(C(=O)NN1CCCCC1)nn2-c1ccccc1F.Cl. The lowest BCUT2D eigenvalue weighted by Crippen LogP contribution is -2.46. The molecule has 0 aliphatic carbocycles. The Morgan fingerprint density at radius 1 is 1.15 bits per heavy atom. The number of piperidine rings is 1. The van der Waals surface area contributed by atoms with E-state index in [9.17, 15) is 9.18 Å². The highest BCUT2D eigenvalue weighted by Crippen LogP contribution is 2.47. The molecule has 0 atom stereocenters. The molecule has 1 fully saturated rings. The molecule has 6 nitrogen and oxygen atoms in total. The van der Waals surface area contributed by atoms with Crippen LogP contribution in [0.4, 0.5) is 4.39 Å². The average molecular weight is 583 g/mol. The van der Waals surface area contributed by atoms with E-state index in [0.717, 1.165) is 35.1 Å². The van der Waals surface area contributed by atoms with E-state index in [1.54, 1.807) is 22.9 Å². The summed E-state index contributed by atoms with van der Waals surface area (Å²) in [5, 5.41) is 6.60. The van der Waals surface area contributed by atoms with Crippen LogP contribution >= 0.6 is 35.0 Å². The number of nitrogens with zero attached hydrogens (tertiary/aromatic N) is 3. The van der Waals surface area contributed by atoms with Crippen LogP contribution in [0.3, 0.4) is 0 Å². The van der Waals surface area contributed by atoms with E-state index in [4.69, 9.17) is 4.74 Å². The van der Waals surface area contributed by atoms with Gasteiger partial charge in [-0.1, -0.05) is 18.6 Å². The first-order chi connectivity index (χ1) is 15.3. The van der Waals surface area contributed by atoms with Crippen molar-refractivity contribution in [3.63, 3.8) is 0 Å². The molecule has 0 bridgehead atoms. The monoisotopic (exact) mass is 582 g/mol. The standard InChI is InChI=1S/C24H24FIN4O2.ClH/c1-24(2)20-21(23(31)28-29-12-6-3-7-13-29)27-30(18-9-5-4-8-17(18)25)22(20)16-11-10-15(26)14-19(16)32-24;/h4-5,8-11,14H,3,6-7,12-13H2,1-2H3,(H,28,31);1H. The number of hydrazine groups is 1. The van der Waals surface area contributed by atoms with Crippen LogP contribution in [-0.2, 0) is 5.60 Å². The molecule has 9 heteroatoms. The van der Waals surface area contributed by atoms with E-state index in [2.05, 4.69) is 33.1 Å². The summed E-state index contributed by atoms with van der Waals surface area (Å²) in [7, 11) is 0. The van der Waals surface area contributed by atoms with Gasteiger partial charge in [0.05, 0.1) is 11.3 Å². The molecular formula is C24H25ClFIN4O2. The molecule has 2 aliphatic rings. The van der Waals surface area contributed by atoms with Gasteiger partial charge < -0.3 is 4.74 Å². The summed E-state index contributed by atoms with van der Waals surface area (Å²) in [5.74, 6) is -0.0177. The number of carbonyl (C=O) groups excluding carboxylic acids is 1. The molecule has 1 saturated heterocycles. The molecule has 5 rings (SSSR count). The van der Waals surface area contributed by atoms with Crippen molar-refractivity contribution in [2.75, 3.05) is 13.1 Å². The zero-order chi connectivity index (χ0) is 22.5. The number of para-hydroxylation sites is 1. The van der Waals surface area contributed by atoms with Gasteiger partial charge in [0.25, 0.3) is 5.91 Å². The maximum atomic E-state index is 14.9. The first kappa shape index (κ1) is 24.0. The minimum absolute atomic E-state index is 0. The quantitative estimate of drug-likeness (QED) is 0.417. The van der Waals surface area contributed by atoms with Gasteiger partial charge >= 0.3 is 0 Å². The van der Waals surface area contributed by atoms with E-state index in [1.165, 1.54) is 12.5 Å². The van der Waals surface area contributed by atoms with E-state index in [-0.39, 0.29) is 24.0 Å². The highest BCUT2D eigenvalue weighted by Gasteiger charge is 2.41. The minimum Gasteiger partial charge on any atom is -0.482 e. The molecule has 3 heterocycles. The number of halogens is 3. The van der Waals surface area contributed by atoms with Crippen LogP contribution in [0.1, 0.15) is 49.2 Å².